The van der Waals surface area contributed by atoms with E-state index in [0.29, 0.717) is 22.6 Å². The van der Waals surface area contributed by atoms with E-state index in [1.54, 1.807) is 37.5 Å². The number of methoxy groups -OCH3 is 2. The molecule has 0 bridgehead atoms. The highest BCUT2D eigenvalue weighted by molar-refractivity contribution is 6.07. The van der Waals surface area contributed by atoms with Crippen molar-refractivity contribution in [1.29, 1.82) is 0 Å². The number of rotatable bonds is 6. The third-order valence-electron chi connectivity index (χ3n) is 3.98. The van der Waals surface area contributed by atoms with Gasteiger partial charge in [-0.1, -0.05) is 35.0 Å². The minimum atomic E-state index is -0.134. The summed E-state index contributed by atoms with van der Waals surface area (Å²) < 4.78 is 15.6. The summed E-state index contributed by atoms with van der Waals surface area (Å²) in [6, 6.07) is 14.8. The minimum Gasteiger partial charge on any atom is -0.497 e. The maximum Gasteiger partial charge on any atom is 0.318 e. The van der Waals surface area contributed by atoms with Gasteiger partial charge in [-0.2, -0.15) is 0 Å². The van der Waals surface area contributed by atoms with Gasteiger partial charge in [-0.05, 0) is 43.3 Å². The Morgan fingerprint density at radius 1 is 1.00 bits per heavy atom. The van der Waals surface area contributed by atoms with E-state index in [-0.39, 0.29) is 11.7 Å². The molecule has 0 aliphatic heterocycles. The van der Waals surface area contributed by atoms with Crippen LogP contribution in [-0.2, 0) is 0 Å². The number of hydrogen-bond acceptors (Lipinski definition) is 5. The molecule has 0 N–H and O–H groups in total. The van der Waals surface area contributed by atoms with E-state index < -0.39 is 0 Å². The van der Waals surface area contributed by atoms with Gasteiger partial charge >= 0.3 is 5.95 Å². The molecule has 0 saturated heterocycles. The second-order valence-corrected chi connectivity index (χ2v) is 5.73. The van der Waals surface area contributed by atoms with Crippen LogP contribution in [0.3, 0.4) is 0 Å². The second kappa shape index (κ2) is 7.70. The van der Waals surface area contributed by atoms with Gasteiger partial charge in [-0.3, -0.25) is 4.79 Å². The summed E-state index contributed by atoms with van der Waals surface area (Å²) in [7, 11) is 3.09. The molecule has 5 nitrogen and oxygen atoms in total. The van der Waals surface area contributed by atoms with Gasteiger partial charge < -0.3 is 14.0 Å². The zero-order valence-corrected chi connectivity index (χ0v) is 14.9. The average Bonchev–Trinajstić information content (AvgIpc) is 3.09. The maximum absolute atomic E-state index is 12.4. The van der Waals surface area contributed by atoms with Crippen LogP contribution >= 0.6 is 0 Å². The molecule has 0 fully saturated rings. The third-order valence-corrected chi connectivity index (χ3v) is 3.98. The first-order valence-corrected chi connectivity index (χ1v) is 8.09. The summed E-state index contributed by atoms with van der Waals surface area (Å²) in [5.74, 6) is 0.831. The van der Waals surface area contributed by atoms with Crippen LogP contribution in [0.1, 0.15) is 21.5 Å². The Hall–Kier alpha value is -3.34. The highest BCUT2D eigenvalue weighted by Gasteiger charge is 2.16. The Morgan fingerprint density at radius 3 is 2.31 bits per heavy atom. The van der Waals surface area contributed by atoms with Crippen molar-refractivity contribution in [1.82, 2.24) is 5.16 Å². The smallest absolute Gasteiger partial charge is 0.318 e. The summed E-state index contributed by atoms with van der Waals surface area (Å²) >= 11 is 0. The number of ketones is 1. The Labute approximate surface area is 151 Å². The topological polar surface area (TPSA) is 61.6 Å². The van der Waals surface area contributed by atoms with Gasteiger partial charge in [0.15, 0.2) is 5.78 Å². The predicted molar refractivity (Wildman–Crippen MR) is 99.6 cm³/mol. The fourth-order valence-electron chi connectivity index (χ4n) is 2.51. The quantitative estimate of drug-likeness (QED) is 0.482. The fourth-order valence-corrected chi connectivity index (χ4v) is 2.51. The Balaban J connectivity index is 1.90. The van der Waals surface area contributed by atoms with E-state index in [9.17, 15) is 4.79 Å². The van der Waals surface area contributed by atoms with Crippen molar-refractivity contribution in [3.63, 3.8) is 0 Å². The molecule has 0 aliphatic rings. The number of carbonyl (C=O) groups excluding carboxylic acids is 1. The van der Waals surface area contributed by atoms with E-state index in [2.05, 4.69) is 5.16 Å². The molecule has 0 spiro atoms. The van der Waals surface area contributed by atoms with Crippen LogP contribution in [0, 0.1) is 6.92 Å². The van der Waals surface area contributed by atoms with Crippen molar-refractivity contribution < 1.29 is 18.8 Å². The SMILES string of the molecule is COc1ccc(C(=O)/C=C\c2c(-c3ccc(C)cc3)noc2OC)cc1. The second-order valence-electron chi connectivity index (χ2n) is 5.73. The molecular weight excluding hydrogens is 330 g/mol. The van der Waals surface area contributed by atoms with Crippen molar-refractivity contribution in [3.05, 3.63) is 71.3 Å². The van der Waals surface area contributed by atoms with Crippen LogP contribution in [0.2, 0.25) is 0 Å². The van der Waals surface area contributed by atoms with Crippen LogP contribution in [-0.4, -0.2) is 25.2 Å². The lowest BCUT2D eigenvalue weighted by Gasteiger charge is -2.01. The zero-order chi connectivity index (χ0) is 18.5. The molecule has 1 heterocycles. The van der Waals surface area contributed by atoms with Gasteiger partial charge in [0.25, 0.3) is 0 Å². The van der Waals surface area contributed by atoms with Gasteiger partial charge in [0, 0.05) is 11.1 Å². The molecule has 132 valence electrons. The molecule has 3 aromatic rings. The molecule has 0 unspecified atom stereocenters. The summed E-state index contributed by atoms with van der Waals surface area (Å²) in [5.41, 5.74) is 3.85. The average molecular weight is 349 g/mol. The minimum absolute atomic E-state index is 0.134. The van der Waals surface area contributed by atoms with E-state index in [0.717, 1.165) is 11.1 Å². The lowest BCUT2D eigenvalue weighted by atomic mass is 10.0. The monoisotopic (exact) mass is 349 g/mol. The van der Waals surface area contributed by atoms with E-state index in [1.807, 2.05) is 31.2 Å². The number of aromatic nitrogens is 1. The summed E-state index contributed by atoms with van der Waals surface area (Å²) in [4.78, 5) is 12.4. The van der Waals surface area contributed by atoms with Crippen molar-refractivity contribution in [2.75, 3.05) is 14.2 Å². The van der Waals surface area contributed by atoms with Gasteiger partial charge in [0.1, 0.15) is 11.4 Å². The largest absolute Gasteiger partial charge is 0.497 e. The first-order chi connectivity index (χ1) is 12.6. The van der Waals surface area contributed by atoms with Crippen LogP contribution in [0.5, 0.6) is 11.7 Å². The molecule has 2 aromatic carbocycles. The Bertz CT molecular complexity index is 922. The first kappa shape index (κ1) is 17.5. The number of carbonyl (C=O) groups is 1. The Kier molecular flexibility index (Phi) is 5.17. The standard InChI is InChI=1S/C21H19NO4/c1-14-4-6-16(7-5-14)20-18(21(25-3)26-22-20)12-13-19(23)15-8-10-17(24-2)11-9-15/h4-13H,1-3H3/b13-12-. The zero-order valence-electron chi connectivity index (χ0n) is 14.9. The normalized spacial score (nSPS) is 10.9. The van der Waals surface area contributed by atoms with E-state index in [1.165, 1.54) is 13.2 Å². The van der Waals surface area contributed by atoms with Gasteiger partial charge in [0.05, 0.1) is 19.8 Å². The molecule has 26 heavy (non-hydrogen) atoms. The van der Waals surface area contributed by atoms with Crippen LogP contribution in [0.25, 0.3) is 17.3 Å². The molecule has 0 aliphatic carbocycles. The Morgan fingerprint density at radius 2 is 1.69 bits per heavy atom. The summed E-state index contributed by atoms with van der Waals surface area (Å²) in [6.07, 6.45) is 3.14. The summed E-state index contributed by atoms with van der Waals surface area (Å²) in [5, 5.41) is 4.08. The third kappa shape index (κ3) is 3.67. The molecule has 0 atom stereocenters. The number of nitrogens with zero attached hydrogens (tertiary/aromatic N) is 1. The summed E-state index contributed by atoms with van der Waals surface area (Å²) in [6.45, 7) is 2.02. The van der Waals surface area contributed by atoms with Crippen molar-refractivity contribution in [2.45, 2.75) is 6.92 Å². The lowest BCUT2D eigenvalue weighted by Crippen LogP contribution is -1.94. The van der Waals surface area contributed by atoms with Gasteiger partial charge in [-0.15, -0.1) is 0 Å². The number of aryl methyl sites for hydroxylation is 1. The van der Waals surface area contributed by atoms with Crippen molar-refractivity contribution in [3.8, 4) is 23.0 Å². The highest BCUT2D eigenvalue weighted by Crippen LogP contribution is 2.31. The van der Waals surface area contributed by atoms with Crippen LogP contribution < -0.4 is 9.47 Å². The maximum atomic E-state index is 12.4. The highest BCUT2D eigenvalue weighted by atomic mass is 16.6. The molecule has 0 amide bonds. The molecule has 0 radical (unpaired) electrons. The van der Waals surface area contributed by atoms with Crippen LogP contribution in [0.4, 0.5) is 0 Å². The molecular formula is C21H19NO4. The van der Waals surface area contributed by atoms with Crippen molar-refractivity contribution in [2.24, 2.45) is 0 Å². The number of ether oxygens (including phenoxy) is 2. The van der Waals surface area contributed by atoms with E-state index >= 15 is 0 Å². The first-order valence-electron chi connectivity index (χ1n) is 8.09. The molecule has 0 saturated carbocycles. The van der Waals surface area contributed by atoms with Crippen LogP contribution in [0.15, 0.2) is 59.1 Å². The lowest BCUT2D eigenvalue weighted by molar-refractivity contribution is 0.104. The predicted octanol–water partition coefficient (Wildman–Crippen LogP) is 4.56. The molecule has 3 rings (SSSR count). The number of benzene rings is 2. The van der Waals surface area contributed by atoms with Crippen molar-refractivity contribution >= 4 is 11.9 Å². The van der Waals surface area contributed by atoms with Gasteiger partial charge in [-0.25, -0.2) is 0 Å². The fraction of sp³-hybridized carbons (Fsp3) is 0.143. The molecule has 1 aromatic heterocycles. The van der Waals surface area contributed by atoms with Gasteiger partial charge in [0.2, 0.25) is 0 Å². The molecule has 5 heteroatoms. The number of allylic oxidation sites excluding steroid dienone is 1. The van der Waals surface area contributed by atoms with E-state index in [4.69, 9.17) is 14.0 Å². The number of hydrogen-bond donors (Lipinski definition) is 0.